The average Bonchev–Trinajstić information content (AvgIpc) is 3.18. The minimum absolute atomic E-state index is 0.117. The zero-order valence-corrected chi connectivity index (χ0v) is 20.5. The molecule has 180 valence electrons. The SMILES string of the molecule is CCCCCCCCCNCCCCCCCCCC(=O)c1c[nH]c2cc(C)c(F)cc12. The minimum Gasteiger partial charge on any atom is -0.360 e. The number of Topliss-reactive ketones (excluding diaryl/α,β-unsaturated/α-hetero) is 1. The fraction of sp³-hybridized carbons (Fsp3) is 0.679. The van der Waals surface area contributed by atoms with Crippen LogP contribution in [-0.2, 0) is 0 Å². The van der Waals surface area contributed by atoms with Gasteiger partial charge in [0.05, 0.1) is 0 Å². The number of fused-ring (bicyclic) bond motifs is 1. The van der Waals surface area contributed by atoms with Crippen LogP contribution < -0.4 is 5.32 Å². The van der Waals surface area contributed by atoms with Crippen molar-refractivity contribution in [3.63, 3.8) is 0 Å². The van der Waals surface area contributed by atoms with Gasteiger partial charge in [-0.05, 0) is 57.0 Å². The quantitative estimate of drug-likeness (QED) is 0.169. The van der Waals surface area contributed by atoms with Crippen LogP contribution >= 0.6 is 0 Å². The molecule has 0 fully saturated rings. The lowest BCUT2D eigenvalue weighted by atomic mass is 10.0. The zero-order chi connectivity index (χ0) is 23.0. The van der Waals surface area contributed by atoms with Gasteiger partial charge < -0.3 is 10.3 Å². The van der Waals surface area contributed by atoms with Gasteiger partial charge in [-0.3, -0.25) is 4.79 Å². The van der Waals surface area contributed by atoms with Crippen molar-refractivity contribution in [2.45, 2.75) is 110 Å². The summed E-state index contributed by atoms with van der Waals surface area (Å²) in [4.78, 5) is 15.6. The molecule has 0 saturated carbocycles. The second-order valence-electron chi connectivity index (χ2n) is 9.37. The zero-order valence-electron chi connectivity index (χ0n) is 20.5. The van der Waals surface area contributed by atoms with Gasteiger partial charge in [-0.1, -0.05) is 77.6 Å². The number of hydrogen-bond donors (Lipinski definition) is 2. The Morgan fingerprint density at radius 1 is 0.844 bits per heavy atom. The molecule has 0 aliphatic heterocycles. The number of H-pyrrole nitrogens is 1. The highest BCUT2D eigenvalue weighted by Crippen LogP contribution is 2.23. The Bertz CT molecular complexity index is 783. The first-order valence-electron chi connectivity index (χ1n) is 13.1. The molecule has 0 amide bonds. The van der Waals surface area contributed by atoms with Crippen LogP contribution in [0.1, 0.15) is 119 Å². The van der Waals surface area contributed by atoms with Gasteiger partial charge in [0, 0.05) is 29.1 Å². The minimum atomic E-state index is -0.251. The van der Waals surface area contributed by atoms with Crippen LogP contribution in [-0.4, -0.2) is 23.9 Å². The van der Waals surface area contributed by atoms with E-state index in [1.807, 2.05) is 0 Å². The lowest BCUT2D eigenvalue weighted by Crippen LogP contribution is -2.16. The molecular formula is C28H45FN2O. The van der Waals surface area contributed by atoms with Crippen molar-refractivity contribution >= 4 is 16.7 Å². The molecule has 2 aromatic rings. The number of carbonyl (C=O) groups is 1. The van der Waals surface area contributed by atoms with Gasteiger partial charge in [-0.15, -0.1) is 0 Å². The van der Waals surface area contributed by atoms with Crippen LogP contribution in [0.3, 0.4) is 0 Å². The third-order valence-electron chi connectivity index (χ3n) is 6.48. The van der Waals surface area contributed by atoms with E-state index in [1.54, 1.807) is 19.2 Å². The first kappa shape index (κ1) is 26.6. The Balaban J connectivity index is 1.41. The summed E-state index contributed by atoms with van der Waals surface area (Å²) in [5, 5.41) is 4.29. The van der Waals surface area contributed by atoms with Crippen molar-refractivity contribution in [3.8, 4) is 0 Å². The van der Waals surface area contributed by atoms with E-state index in [0.717, 1.165) is 24.9 Å². The van der Waals surface area contributed by atoms with Crippen LogP contribution in [0, 0.1) is 12.7 Å². The predicted octanol–water partition coefficient (Wildman–Crippen LogP) is 8.26. The van der Waals surface area contributed by atoms with E-state index in [-0.39, 0.29) is 11.6 Å². The average molecular weight is 445 g/mol. The molecule has 0 bridgehead atoms. The summed E-state index contributed by atoms with van der Waals surface area (Å²) in [5.74, 6) is -0.134. The molecule has 2 rings (SSSR count). The van der Waals surface area contributed by atoms with E-state index in [0.29, 0.717) is 22.9 Å². The normalized spacial score (nSPS) is 11.5. The Morgan fingerprint density at radius 2 is 1.41 bits per heavy atom. The molecule has 0 atom stereocenters. The molecule has 32 heavy (non-hydrogen) atoms. The van der Waals surface area contributed by atoms with E-state index in [9.17, 15) is 9.18 Å². The lowest BCUT2D eigenvalue weighted by Gasteiger charge is -2.05. The topological polar surface area (TPSA) is 44.9 Å². The molecule has 0 aliphatic carbocycles. The van der Waals surface area contributed by atoms with Crippen molar-refractivity contribution < 1.29 is 9.18 Å². The predicted molar refractivity (Wildman–Crippen MR) is 135 cm³/mol. The van der Waals surface area contributed by atoms with E-state index >= 15 is 0 Å². The maximum absolute atomic E-state index is 13.9. The number of halogens is 1. The second kappa shape index (κ2) is 16.0. The van der Waals surface area contributed by atoms with Crippen molar-refractivity contribution in [1.82, 2.24) is 10.3 Å². The van der Waals surface area contributed by atoms with Gasteiger partial charge in [-0.2, -0.15) is 0 Å². The van der Waals surface area contributed by atoms with Gasteiger partial charge in [0.2, 0.25) is 0 Å². The third kappa shape index (κ3) is 9.85. The number of rotatable bonds is 19. The Morgan fingerprint density at radius 3 is 2.03 bits per heavy atom. The molecule has 3 nitrogen and oxygen atoms in total. The summed E-state index contributed by atoms with van der Waals surface area (Å²) in [6.07, 6.45) is 20.2. The number of aromatic amines is 1. The first-order valence-corrected chi connectivity index (χ1v) is 13.1. The molecule has 0 aliphatic rings. The highest BCUT2D eigenvalue weighted by Gasteiger charge is 2.13. The van der Waals surface area contributed by atoms with Crippen LogP contribution in [0.5, 0.6) is 0 Å². The third-order valence-corrected chi connectivity index (χ3v) is 6.48. The molecule has 0 unspecified atom stereocenters. The summed E-state index contributed by atoms with van der Waals surface area (Å²) in [6.45, 7) is 6.33. The maximum Gasteiger partial charge on any atom is 0.165 e. The van der Waals surface area contributed by atoms with Crippen molar-refractivity contribution in [2.24, 2.45) is 0 Å². The van der Waals surface area contributed by atoms with Crippen LogP contribution in [0.15, 0.2) is 18.3 Å². The fourth-order valence-corrected chi connectivity index (χ4v) is 4.37. The molecule has 4 heteroatoms. The van der Waals surface area contributed by atoms with E-state index in [4.69, 9.17) is 0 Å². The Kier molecular flexibility index (Phi) is 13.3. The van der Waals surface area contributed by atoms with Crippen molar-refractivity contribution in [2.75, 3.05) is 13.1 Å². The van der Waals surface area contributed by atoms with Crippen molar-refractivity contribution in [3.05, 3.63) is 35.3 Å². The number of benzene rings is 1. The van der Waals surface area contributed by atoms with Gasteiger partial charge in [0.25, 0.3) is 0 Å². The fourth-order valence-electron chi connectivity index (χ4n) is 4.37. The van der Waals surface area contributed by atoms with E-state index in [1.165, 1.54) is 89.7 Å². The van der Waals surface area contributed by atoms with Gasteiger partial charge in [-0.25, -0.2) is 4.39 Å². The highest BCUT2D eigenvalue weighted by atomic mass is 19.1. The monoisotopic (exact) mass is 444 g/mol. The number of aromatic nitrogens is 1. The number of carbonyl (C=O) groups excluding carboxylic acids is 1. The molecular weight excluding hydrogens is 399 g/mol. The van der Waals surface area contributed by atoms with E-state index in [2.05, 4.69) is 17.2 Å². The molecule has 0 spiro atoms. The molecule has 1 aromatic carbocycles. The van der Waals surface area contributed by atoms with E-state index < -0.39 is 0 Å². The second-order valence-corrected chi connectivity index (χ2v) is 9.37. The summed E-state index contributed by atoms with van der Waals surface area (Å²) in [6, 6.07) is 3.25. The standard InChI is InChI=1S/C28H45FN2O/c1-3-4-5-6-9-12-15-18-30-19-16-13-10-7-8-11-14-17-28(32)25-22-31-27-20-23(2)26(29)21-24(25)27/h20-22,30-31H,3-19H2,1-2H3. The molecule has 2 N–H and O–H groups in total. The highest BCUT2D eigenvalue weighted by molar-refractivity contribution is 6.07. The smallest absolute Gasteiger partial charge is 0.165 e. The lowest BCUT2D eigenvalue weighted by molar-refractivity contribution is 0.0980. The summed E-state index contributed by atoms with van der Waals surface area (Å²) < 4.78 is 13.9. The number of unbranched alkanes of at least 4 members (excludes halogenated alkanes) is 12. The Labute approximate surface area is 194 Å². The summed E-state index contributed by atoms with van der Waals surface area (Å²) in [5.41, 5.74) is 2.06. The number of nitrogens with one attached hydrogen (secondary N) is 2. The number of hydrogen-bond acceptors (Lipinski definition) is 2. The first-order chi connectivity index (χ1) is 15.6. The van der Waals surface area contributed by atoms with Crippen LogP contribution in [0.25, 0.3) is 10.9 Å². The summed E-state index contributed by atoms with van der Waals surface area (Å²) in [7, 11) is 0. The maximum atomic E-state index is 13.9. The number of ketones is 1. The van der Waals surface area contributed by atoms with Gasteiger partial charge >= 0.3 is 0 Å². The number of aryl methyl sites for hydroxylation is 1. The van der Waals surface area contributed by atoms with Crippen molar-refractivity contribution in [1.29, 1.82) is 0 Å². The molecule has 1 aromatic heterocycles. The Hall–Kier alpha value is -1.68. The molecule has 1 heterocycles. The van der Waals surface area contributed by atoms with Crippen LogP contribution in [0.4, 0.5) is 4.39 Å². The van der Waals surface area contributed by atoms with Gasteiger partial charge in [0.1, 0.15) is 5.82 Å². The van der Waals surface area contributed by atoms with Gasteiger partial charge in [0.15, 0.2) is 5.78 Å². The largest absolute Gasteiger partial charge is 0.360 e. The molecule has 0 saturated heterocycles. The molecule has 0 radical (unpaired) electrons. The summed E-state index contributed by atoms with van der Waals surface area (Å²) >= 11 is 0. The van der Waals surface area contributed by atoms with Crippen LogP contribution in [0.2, 0.25) is 0 Å².